The van der Waals surface area contributed by atoms with Gasteiger partial charge in [-0.15, -0.1) is 0 Å². The van der Waals surface area contributed by atoms with Crippen LogP contribution >= 0.6 is 0 Å². The summed E-state index contributed by atoms with van der Waals surface area (Å²) < 4.78 is 10.6. The second-order valence-electron chi connectivity index (χ2n) is 4.00. The number of ether oxygens (including phenoxy) is 2. The van der Waals surface area contributed by atoms with E-state index >= 15 is 0 Å². The van der Waals surface area contributed by atoms with Crippen LogP contribution in [0.15, 0.2) is 42.5 Å². The number of para-hydroxylation sites is 1. The number of methoxy groups -OCH3 is 1. The lowest BCUT2D eigenvalue weighted by atomic mass is 10.2. The normalized spacial score (nSPS) is 10.0. The van der Waals surface area contributed by atoms with Crippen LogP contribution in [0.25, 0.3) is 0 Å². The summed E-state index contributed by atoms with van der Waals surface area (Å²) >= 11 is 0. The van der Waals surface area contributed by atoms with E-state index in [0.29, 0.717) is 18.0 Å². The molecule has 0 aliphatic rings. The SMILES string of the molecule is CCOc1ccc(Nc2cccc(OC)c2N)cc1. The van der Waals surface area contributed by atoms with Gasteiger partial charge in [-0.3, -0.25) is 0 Å². The molecule has 2 aromatic carbocycles. The Morgan fingerprint density at radius 3 is 2.47 bits per heavy atom. The molecule has 0 fully saturated rings. The minimum Gasteiger partial charge on any atom is -0.495 e. The van der Waals surface area contributed by atoms with E-state index in [4.69, 9.17) is 15.2 Å². The minimum atomic E-state index is 0.596. The molecule has 0 saturated carbocycles. The Labute approximate surface area is 113 Å². The first-order valence-electron chi connectivity index (χ1n) is 6.17. The molecular weight excluding hydrogens is 240 g/mol. The third-order valence-electron chi connectivity index (χ3n) is 2.73. The number of nitrogen functional groups attached to an aromatic ring is 1. The molecule has 2 aromatic rings. The largest absolute Gasteiger partial charge is 0.495 e. The fourth-order valence-electron chi connectivity index (χ4n) is 1.79. The molecule has 0 spiro atoms. The summed E-state index contributed by atoms with van der Waals surface area (Å²) in [6.45, 7) is 2.62. The van der Waals surface area contributed by atoms with Crippen molar-refractivity contribution in [3.63, 3.8) is 0 Å². The second kappa shape index (κ2) is 6.00. The quantitative estimate of drug-likeness (QED) is 0.807. The van der Waals surface area contributed by atoms with E-state index in [9.17, 15) is 0 Å². The molecule has 0 aromatic heterocycles. The predicted octanol–water partition coefficient (Wildman–Crippen LogP) is 3.42. The van der Waals surface area contributed by atoms with Gasteiger partial charge in [0, 0.05) is 5.69 Å². The maximum atomic E-state index is 6.01. The van der Waals surface area contributed by atoms with Crippen molar-refractivity contribution in [1.29, 1.82) is 0 Å². The Morgan fingerprint density at radius 2 is 1.84 bits per heavy atom. The van der Waals surface area contributed by atoms with E-state index in [1.165, 1.54) is 0 Å². The average molecular weight is 258 g/mol. The van der Waals surface area contributed by atoms with Gasteiger partial charge in [-0.2, -0.15) is 0 Å². The van der Waals surface area contributed by atoms with E-state index in [0.717, 1.165) is 17.1 Å². The Hall–Kier alpha value is -2.36. The highest BCUT2D eigenvalue weighted by Crippen LogP contribution is 2.31. The van der Waals surface area contributed by atoms with Crippen molar-refractivity contribution < 1.29 is 9.47 Å². The highest BCUT2D eigenvalue weighted by Gasteiger charge is 2.05. The molecule has 100 valence electrons. The van der Waals surface area contributed by atoms with Crippen molar-refractivity contribution in [3.05, 3.63) is 42.5 Å². The summed E-state index contributed by atoms with van der Waals surface area (Å²) in [5, 5.41) is 3.26. The van der Waals surface area contributed by atoms with Crippen LogP contribution in [-0.2, 0) is 0 Å². The molecule has 4 heteroatoms. The molecule has 0 atom stereocenters. The summed E-state index contributed by atoms with van der Waals surface area (Å²) in [4.78, 5) is 0. The van der Waals surface area contributed by atoms with Crippen molar-refractivity contribution in [2.75, 3.05) is 24.8 Å². The summed E-state index contributed by atoms with van der Waals surface area (Å²) in [5.41, 5.74) is 8.37. The first-order chi connectivity index (χ1) is 9.24. The lowest BCUT2D eigenvalue weighted by Gasteiger charge is -2.12. The van der Waals surface area contributed by atoms with Crippen LogP contribution in [0.1, 0.15) is 6.92 Å². The summed E-state index contributed by atoms with van der Waals surface area (Å²) in [5.74, 6) is 1.52. The van der Waals surface area contributed by atoms with Crippen LogP contribution in [0.4, 0.5) is 17.1 Å². The molecule has 0 bridgehead atoms. The van der Waals surface area contributed by atoms with Gasteiger partial charge in [-0.05, 0) is 43.3 Å². The number of benzene rings is 2. The average Bonchev–Trinajstić information content (AvgIpc) is 2.43. The number of anilines is 3. The zero-order valence-corrected chi connectivity index (χ0v) is 11.1. The van der Waals surface area contributed by atoms with Crippen LogP contribution in [0.3, 0.4) is 0 Å². The van der Waals surface area contributed by atoms with Gasteiger partial charge in [-0.1, -0.05) is 6.07 Å². The number of nitrogens with one attached hydrogen (secondary N) is 1. The minimum absolute atomic E-state index is 0.596. The van der Waals surface area contributed by atoms with Gasteiger partial charge < -0.3 is 20.5 Å². The van der Waals surface area contributed by atoms with E-state index in [-0.39, 0.29) is 0 Å². The van der Waals surface area contributed by atoms with E-state index in [1.807, 2.05) is 49.4 Å². The van der Waals surface area contributed by atoms with Gasteiger partial charge in [-0.25, -0.2) is 0 Å². The fourth-order valence-corrected chi connectivity index (χ4v) is 1.79. The smallest absolute Gasteiger partial charge is 0.143 e. The highest BCUT2D eigenvalue weighted by molar-refractivity contribution is 5.77. The van der Waals surface area contributed by atoms with Crippen LogP contribution < -0.4 is 20.5 Å². The van der Waals surface area contributed by atoms with Crippen LogP contribution in [-0.4, -0.2) is 13.7 Å². The predicted molar refractivity (Wildman–Crippen MR) is 78.3 cm³/mol. The Bertz CT molecular complexity index is 538. The standard InChI is InChI=1S/C15H18N2O2/c1-3-19-12-9-7-11(8-10-12)17-13-5-4-6-14(18-2)15(13)16/h4-10,17H,3,16H2,1-2H3. The molecule has 0 heterocycles. The zero-order chi connectivity index (χ0) is 13.7. The maximum Gasteiger partial charge on any atom is 0.143 e. The number of nitrogens with two attached hydrogens (primary N) is 1. The number of hydrogen-bond acceptors (Lipinski definition) is 4. The Kier molecular flexibility index (Phi) is 4.13. The molecule has 3 N–H and O–H groups in total. The molecule has 0 amide bonds. The van der Waals surface area contributed by atoms with Crippen molar-refractivity contribution in [2.24, 2.45) is 0 Å². The van der Waals surface area contributed by atoms with Crippen molar-refractivity contribution >= 4 is 17.1 Å². The molecule has 4 nitrogen and oxygen atoms in total. The maximum absolute atomic E-state index is 6.01. The van der Waals surface area contributed by atoms with Gasteiger partial charge in [0.2, 0.25) is 0 Å². The van der Waals surface area contributed by atoms with Gasteiger partial charge in [0.1, 0.15) is 11.5 Å². The summed E-state index contributed by atoms with van der Waals surface area (Å²) in [6.07, 6.45) is 0. The summed E-state index contributed by atoms with van der Waals surface area (Å²) in [7, 11) is 1.60. The van der Waals surface area contributed by atoms with Gasteiger partial charge >= 0.3 is 0 Å². The third kappa shape index (κ3) is 3.10. The lowest BCUT2D eigenvalue weighted by molar-refractivity contribution is 0.340. The third-order valence-corrected chi connectivity index (χ3v) is 2.73. The molecular formula is C15H18N2O2. The Morgan fingerprint density at radius 1 is 1.11 bits per heavy atom. The number of rotatable bonds is 5. The Balaban J connectivity index is 2.16. The molecule has 0 radical (unpaired) electrons. The monoisotopic (exact) mass is 258 g/mol. The molecule has 0 aliphatic carbocycles. The second-order valence-corrected chi connectivity index (χ2v) is 4.00. The van der Waals surface area contributed by atoms with Crippen LogP contribution in [0.2, 0.25) is 0 Å². The van der Waals surface area contributed by atoms with Crippen molar-refractivity contribution in [1.82, 2.24) is 0 Å². The molecule has 19 heavy (non-hydrogen) atoms. The van der Waals surface area contributed by atoms with Gasteiger partial charge in [0.05, 0.1) is 25.1 Å². The fraction of sp³-hybridized carbons (Fsp3) is 0.200. The van der Waals surface area contributed by atoms with E-state index < -0.39 is 0 Å². The van der Waals surface area contributed by atoms with E-state index in [2.05, 4.69) is 5.32 Å². The van der Waals surface area contributed by atoms with E-state index in [1.54, 1.807) is 7.11 Å². The highest BCUT2D eigenvalue weighted by atomic mass is 16.5. The molecule has 0 aliphatic heterocycles. The van der Waals surface area contributed by atoms with Gasteiger partial charge in [0.15, 0.2) is 0 Å². The summed E-state index contributed by atoms with van der Waals surface area (Å²) in [6, 6.07) is 13.4. The van der Waals surface area contributed by atoms with Crippen LogP contribution in [0, 0.1) is 0 Å². The molecule has 0 saturated heterocycles. The first-order valence-corrected chi connectivity index (χ1v) is 6.17. The van der Waals surface area contributed by atoms with Gasteiger partial charge in [0.25, 0.3) is 0 Å². The van der Waals surface area contributed by atoms with Crippen molar-refractivity contribution in [2.45, 2.75) is 6.92 Å². The van der Waals surface area contributed by atoms with Crippen molar-refractivity contribution in [3.8, 4) is 11.5 Å². The van der Waals surface area contributed by atoms with Crippen LogP contribution in [0.5, 0.6) is 11.5 Å². The number of hydrogen-bond donors (Lipinski definition) is 2. The molecule has 0 unspecified atom stereocenters. The lowest BCUT2D eigenvalue weighted by Crippen LogP contribution is -1.99. The zero-order valence-electron chi connectivity index (χ0n) is 11.1. The topological polar surface area (TPSA) is 56.5 Å². The first kappa shape index (κ1) is 13.1. The molecule has 2 rings (SSSR count).